The Morgan fingerprint density at radius 2 is 1.81 bits per heavy atom. The molecule has 8 nitrogen and oxygen atoms in total. The summed E-state index contributed by atoms with van der Waals surface area (Å²) in [7, 11) is 0. The molecule has 1 unspecified atom stereocenters. The number of nitrogens with two attached hydrogens (primary N) is 1. The number of nitrogens with one attached hydrogen (secondary N) is 3. The number of para-hydroxylation sites is 2. The van der Waals surface area contributed by atoms with Gasteiger partial charge in [-0.15, -0.1) is 11.3 Å². The maximum atomic E-state index is 12.9. The summed E-state index contributed by atoms with van der Waals surface area (Å²) in [5.41, 5.74) is 8.28. The quantitative estimate of drug-likeness (QED) is 0.195. The molecule has 190 valence electrons. The lowest BCUT2D eigenvalue weighted by Gasteiger charge is -2.31. The molecule has 4 aromatic rings. The zero-order valence-corrected chi connectivity index (χ0v) is 21.1. The Hall–Kier alpha value is -4.08. The molecule has 0 bridgehead atoms. The van der Waals surface area contributed by atoms with Gasteiger partial charge in [0, 0.05) is 36.3 Å². The second-order valence-corrected chi connectivity index (χ2v) is 9.77. The zero-order chi connectivity index (χ0) is 25.6. The van der Waals surface area contributed by atoms with Crippen LogP contribution in [0.2, 0.25) is 0 Å². The first-order valence-electron chi connectivity index (χ1n) is 12.2. The van der Waals surface area contributed by atoms with Gasteiger partial charge in [0.2, 0.25) is 0 Å². The highest BCUT2D eigenvalue weighted by atomic mass is 32.1. The molecule has 0 spiro atoms. The van der Waals surface area contributed by atoms with Crippen molar-refractivity contribution in [3.05, 3.63) is 89.3 Å². The summed E-state index contributed by atoms with van der Waals surface area (Å²) in [6.07, 6.45) is -1.07. The fourth-order valence-corrected chi connectivity index (χ4v) is 5.29. The molecule has 5 N–H and O–H groups in total. The van der Waals surface area contributed by atoms with E-state index in [1.165, 1.54) is 11.3 Å². The molecule has 3 aromatic carbocycles. The number of nitrogen functional groups attached to an aromatic ring is 1. The van der Waals surface area contributed by atoms with E-state index in [2.05, 4.69) is 15.5 Å². The lowest BCUT2D eigenvalue weighted by Crippen LogP contribution is -2.43. The number of ether oxygens (including phenoxy) is 2. The number of fused-ring (bicyclic) bond motifs is 1. The minimum atomic E-state index is -0.542. The van der Waals surface area contributed by atoms with E-state index >= 15 is 0 Å². The van der Waals surface area contributed by atoms with Gasteiger partial charge in [-0.2, -0.15) is 0 Å². The van der Waals surface area contributed by atoms with E-state index in [9.17, 15) is 4.79 Å². The summed E-state index contributed by atoms with van der Waals surface area (Å²) >= 11 is 1.44. The molecule has 0 aliphatic carbocycles. The lowest BCUT2D eigenvalue weighted by molar-refractivity contribution is 0.0910. The summed E-state index contributed by atoms with van der Waals surface area (Å²) in [4.78, 5) is 15.8. The number of rotatable bonds is 8. The number of thiophene rings is 1. The van der Waals surface area contributed by atoms with E-state index in [4.69, 9.17) is 20.6 Å². The number of carbonyl (C=O) groups is 1. The van der Waals surface area contributed by atoms with Gasteiger partial charge in [0.25, 0.3) is 0 Å². The smallest absolute Gasteiger partial charge is 0.411 e. The minimum absolute atomic E-state index is 0.0196. The van der Waals surface area contributed by atoms with Gasteiger partial charge in [-0.25, -0.2) is 4.79 Å². The summed E-state index contributed by atoms with van der Waals surface area (Å²) < 4.78 is 13.0. The van der Waals surface area contributed by atoms with Gasteiger partial charge in [-0.3, -0.25) is 10.7 Å². The van der Waals surface area contributed by atoms with Crippen molar-refractivity contribution in [3.8, 4) is 5.75 Å². The summed E-state index contributed by atoms with van der Waals surface area (Å²) in [5, 5.41) is 14.9. The predicted octanol–water partition coefficient (Wildman–Crippen LogP) is 4.96. The highest BCUT2D eigenvalue weighted by Crippen LogP contribution is 2.35. The van der Waals surface area contributed by atoms with Gasteiger partial charge in [0.05, 0.1) is 16.3 Å². The van der Waals surface area contributed by atoms with E-state index in [0.717, 1.165) is 47.5 Å². The van der Waals surface area contributed by atoms with Gasteiger partial charge in [0.15, 0.2) is 6.10 Å². The molecule has 2 heterocycles. The number of anilines is 2. The Morgan fingerprint density at radius 1 is 1.05 bits per heavy atom. The third-order valence-electron chi connectivity index (χ3n) is 6.19. The van der Waals surface area contributed by atoms with Gasteiger partial charge >= 0.3 is 6.09 Å². The number of amidine groups is 1. The van der Waals surface area contributed by atoms with Crippen molar-refractivity contribution in [1.82, 2.24) is 5.32 Å². The molecule has 5 rings (SSSR count). The molecule has 1 amide bonds. The first-order chi connectivity index (χ1) is 18.1. The van der Waals surface area contributed by atoms with Crippen LogP contribution < -0.4 is 26.0 Å². The maximum absolute atomic E-state index is 12.9. The Morgan fingerprint density at radius 3 is 2.59 bits per heavy atom. The molecule has 1 aliphatic heterocycles. The van der Waals surface area contributed by atoms with Gasteiger partial charge in [-0.1, -0.05) is 48.5 Å². The molecular weight excluding hydrogens is 486 g/mol. The van der Waals surface area contributed by atoms with Crippen LogP contribution in [0, 0.1) is 5.41 Å². The standard InChI is InChI=1S/C28H29N5O3S/c29-27(30)26-17-20-23(11-6-12-25(20)37-26)36-24(19-7-2-1-3-8-19)18-35-28(34)32-21-9-4-5-10-22(21)33-15-13-31-14-16-33/h1-12,17,24,31H,13-16,18H2,(H3,29,30)(H,32,34). The van der Waals surface area contributed by atoms with Crippen LogP contribution in [0.4, 0.5) is 16.2 Å². The van der Waals surface area contributed by atoms with Crippen molar-refractivity contribution in [2.45, 2.75) is 6.10 Å². The normalized spacial score (nSPS) is 14.2. The SMILES string of the molecule is N=C(N)c1cc2c(OC(COC(=O)Nc3ccccc3N3CCNCC3)c3ccccc3)cccc2s1. The van der Waals surface area contributed by atoms with E-state index in [-0.39, 0.29) is 12.4 Å². The molecule has 0 saturated carbocycles. The van der Waals surface area contributed by atoms with Crippen molar-refractivity contribution < 1.29 is 14.3 Å². The number of hydrogen-bond donors (Lipinski definition) is 4. The average molecular weight is 516 g/mol. The summed E-state index contributed by atoms with van der Waals surface area (Å²) in [6.45, 7) is 3.57. The van der Waals surface area contributed by atoms with Crippen LogP contribution in [-0.4, -0.2) is 44.7 Å². The summed E-state index contributed by atoms with van der Waals surface area (Å²) in [5.74, 6) is 0.663. The monoisotopic (exact) mass is 515 g/mol. The first kappa shape index (κ1) is 24.6. The Labute approximate surface area is 219 Å². The Kier molecular flexibility index (Phi) is 7.53. The third-order valence-corrected chi connectivity index (χ3v) is 7.33. The van der Waals surface area contributed by atoms with Crippen molar-refractivity contribution >= 4 is 44.7 Å². The van der Waals surface area contributed by atoms with Crippen LogP contribution in [-0.2, 0) is 4.74 Å². The molecule has 9 heteroatoms. The number of piperazine rings is 1. The van der Waals surface area contributed by atoms with Crippen molar-refractivity contribution in [2.24, 2.45) is 5.73 Å². The fourth-order valence-electron chi connectivity index (χ4n) is 4.35. The van der Waals surface area contributed by atoms with E-state index in [1.807, 2.05) is 78.9 Å². The van der Waals surface area contributed by atoms with E-state index < -0.39 is 12.2 Å². The third kappa shape index (κ3) is 5.84. The van der Waals surface area contributed by atoms with Crippen molar-refractivity contribution in [1.29, 1.82) is 5.41 Å². The maximum Gasteiger partial charge on any atom is 0.411 e. The van der Waals surface area contributed by atoms with Crippen LogP contribution in [0.15, 0.2) is 78.9 Å². The molecule has 1 atom stereocenters. The van der Waals surface area contributed by atoms with Crippen LogP contribution >= 0.6 is 11.3 Å². The number of hydrogen-bond acceptors (Lipinski definition) is 7. The fraction of sp³-hybridized carbons (Fsp3) is 0.214. The number of benzene rings is 3. The highest BCUT2D eigenvalue weighted by molar-refractivity contribution is 7.20. The first-order valence-corrected chi connectivity index (χ1v) is 13.0. The molecule has 0 radical (unpaired) electrons. The average Bonchev–Trinajstić information content (AvgIpc) is 3.38. The van der Waals surface area contributed by atoms with E-state index in [0.29, 0.717) is 16.3 Å². The lowest BCUT2D eigenvalue weighted by atomic mass is 10.1. The minimum Gasteiger partial charge on any atom is -0.481 e. The van der Waals surface area contributed by atoms with Crippen LogP contribution in [0.3, 0.4) is 0 Å². The molecule has 1 aliphatic rings. The number of amides is 1. The Bertz CT molecular complexity index is 1390. The second kappa shape index (κ2) is 11.3. The highest BCUT2D eigenvalue weighted by Gasteiger charge is 2.20. The van der Waals surface area contributed by atoms with Crippen LogP contribution in [0.5, 0.6) is 5.75 Å². The van der Waals surface area contributed by atoms with Crippen molar-refractivity contribution in [2.75, 3.05) is 43.0 Å². The van der Waals surface area contributed by atoms with Gasteiger partial charge in [0.1, 0.15) is 18.2 Å². The predicted molar refractivity (Wildman–Crippen MR) is 149 cm³/mol. The van der Waals surface area contributed by atoms with E-state index in [1.54, 1.807) is 0 Å². The Balaban J connectivity index is 1.32. The molecule has 1 saturated heterocycles. The summed E-state index contributed by atoms with van der Waals surface area (Å²) in [6, 6.07) is 25.0. The number of carbonyl (C=O) groups excluding carboxylic acids is 1. The second-order valence-electron chi connectivity index (χ2n) is 8.69. The van der Waals surface area contributed by atoms with Gasteiger partial charge < -0.3 is 25.4 Å². The van der Waals surface area contributed by atoms with Crippen LogP contribution in [0.25, 0.3) is 10.1 Å². The molecule has 1 fully saturated rings. The topological polar surface area (TPSA) is 113 Å². The van der Waals surface area contributed by atoms with Gasteiger partial charge in [-0.05, 0) is 35.9 Å². The zero-order valence-electron chi connectivity index (χ0n) is 20.3. The molecular formula is C28H29N5O3S. The number of nitrogens with zero attached hydrogens (tertiary/aromatic N) is 1. The largest absolute Gasteiger partial charge is 0.481 e. The van der Waals surface area contributed by atoms with Crippen molar-refractivity contribution in [3.63, 3.8) is 0 Å². The molecule has 37 heavy (non-hydrogen) atoms. The molecule has 1 aromatic heterocycles. The van der Waals surface area contributed by atoms with Crippen LogP contribution in [0.1, 0.15) is 16.5 Å².